The lowest BCUT2D eigenvalue weighted by atomic mass is 10.0. The fraction of sp³-hybridized carbons (Fsp3) is 0.538. The molecule has 1 fully saturated rings. The van der Waals surface area contributed by atoms with Crippen molar-refractivity contribution in [2.24, 2.45) is 0 Å². The van der Waals surface area contributed by atoms with E-state index in [2.05, 4.69) is 5.32 Å². The van der Waals surface area contributed by atoms with Gasteiger partial charge in [-0.2, -0.15) is 13.2 Å². The van der Waals surface area contributed by atoms with Crippen LogP contribution in [0.15, 0.2) is 29.2 Å². The van der Waals surface area contributed by atoms with Crippen LogP contribution in [-0.2, 0) is 9.84 Å². The van der Waals surface area contributed by atoms with Crippen LogP contribution in [0.25, 0.3) is 0 Å². The van der Waals surface area contributed by atoms with Gasteiger partial charge in [-0.25, -0.2) is 8.42 Å². The molecule has 1 aliphatic rings. The smallest absolute Gasteiger partial charge is 0.314 e. The van der Waals surface area contributed by atoms with Crippen LogP contribution in [0.5, 0.6) is 0 Å². The molecule has 0 bridgehead atoms. The first-order chi connectivity index (χ1) is 9.69. The monoisotopic (exact) mass is 394 g/mol. The molecule has 0 amide bonds. The van der Waals surface area contributed by atoms with Crippen molar-refractivity contribution in [3.63, 3.8) is 0 Å². The van der Waals surface area contributed by atoms with Gasteiger partial charge in [0.25, 0.3) is 0 Å². The summed E-state index contributed by atoms with van der Waals surface area (Å²) in [4.78, 5) is 1.39. The van der Waals surface area contributed by atoms with Crippen molar-refractivity contribution >= 4 is 34.7 Å². The molecule has 0 radical (unpaired) electrons. The minimum Gasteiger partial charge on any atom is -0.314 e. The van der Waals surface area contributed by atoms with Crippen molar-refractivity contribution < 1.29 is 21.6 Å². The van der Waals surface area contributed by atoms with Gasteiger partial charge in [0.15, 0.2) is 9.84 Å². The third kappa shape index (κ3) is 5.79. The maximum absolute atomic E-state index is 13.3. The lowest BCUT2D eigenvalue weighted by molar-refractivity contribution is -0.187. The molecule has 134 valence electrons. The van der Waals surface area contributed by atoms with Crippen molar-refractivity contribution in [2.75, 3.05) is 32.4 Å². The molecule has 4 nitrogen and oxygen atoms in total. The molecule has 2 rings (SSSR count). The Bertz CT molecular complexity index is 588. The van der Waals surface area contributed by atoms with E-state index in [1.807, 2.05) is 0 Å². The van der Waals surface area contributed by atoms with Gasteiger partial charge in [0.2, 0.25) is 0 Å². The van der Waals surface area contributed by atoms with Gasteiger partial charge in [0, 0.05) is 32.4 Å². The summed E-state index contributed by atoms with van der Waals surface area (Å²) >= 11 is 0. The molecule has 1 atom stereocenters. The van der Waals surface area contributed by atoms with Crippen molar-refractivity contribution in [1.82, 2.24) is 10.2 Å². The number of rotatable bonds is 3. The van der Waals surface area contributed by atoms with Gasteiger partial charge in [-0.3, -0.25) is 4.90 Å². The summed E-state index contributed by atoms with van der Waals surface area (Å²) in [6.45, 7) is 1.62. The number of hydrogen-bond acceptors (Lipinski definition) is 4. The van der Waals surface area contributed by atoms with E-state index in [1.165, 1.54) is 29.2 Å². The van der Waals surface area contributed by atoms with Crippen LogP contribution in [0.4, 0.5) is 13.2 Å². The highest BCUT2D eigenvalue weighted by Gasteiger charge is 2.44. The number of benzene rings is 1. The highest BCUT2D eigenvalue weighted by molar-refractivity contribution is 7.90. The Labute approximate surface area is 146 Å². The number of halogens is 5. The Morgan fingerprint density at radius 1 is 1.09 bits per heavy atom. The zero-order chi connectivity index (χ0) is 15.7. The summed E-state index contributed by atoms with van der Waals surface area (Å²) < 4.78 is 62.8. The van der Waals surface area contributed by atoms with E-state index in [0.29, 0.717) is 26.2 Å². The second kappa shape index (κ2) is 8.53. The van der Waals surface area contributed by atoms with Gasteiger partial charge in [0.1, 0.15) is 6.04 Å². The lowest BCUT2D eigenvalue weighted by Crippen LogP contribution is -2.49. The lowest BCUT2D eigenvalue weighted by Gasteiger charge is -2.36. The molecule has 1 aliphatic heterocycles. The Morgan fingerprint density at radius 2 is 1.57 bits per heavy atom. The van der Waals surface area contributed by atoms with Gasteiger partial charge in [-0.05, 0) is 17.7 Å². The normalized spacial score (nSPS) is 17.7. The van der Waals surface area contributed by atoms with Crippen molar-refractivity contribution in [1.29, 1.82) is 0 Å². The molecule has 0 saturated carbocycles. The average molecular weight is 395 g/mol. The van der Waals surface area contributed by atoms with Crippen molar-refractivity contribution in [3.05, 3.63) is 29.8 Å². The number of nitrogens with one attached hydrogen (secondary N) is 1. The summed E-state index contributed by atoms with van der Waals surface area (Å²) in [7, 11) is -3.41. The van der Waals surface area contributed by atoms with Crippen LogP contribution >= 0.6 is 24.8 Å². The molecule has 1 aromatic rings. The number of nitrogens with zero attached hydrogens (tertiary/aromatic N) is 1. The SMILES string of the molecule is CS(=O)(=O)c1ccc([C@@H](N2CCNCC2)C(F)(F)F)cc1.Cl.Cl. The highest BCUT2D eigenvalue weighted by atomic mass is 35.5. The zero-order valence-corrected chi connectivity index (χ0v) is 14.8. The number of piperazine rings is 1. The Kier molecular flexibility index (Phi) is 8.33. The fourth-order valence-corrected chi connectivity index (χ4v) is 3.07. The van der Waals surface area contributed by atoms with Gasteiger partial charge in [-0.15, -0.1) is 24.8 Å². The minimum atomic E-state index is -4.40. The maximum atomic E-state index is 13.3. The molecule has 23 heavy (non-hydrogen) atoms. The molecular formula is C13H19Cl2F3N2O2S. The van der Waals surface area contributed by atoms with Gasteiger partial charge in [0.05, 0.1) is 4.90 Å². The summed E-state index contributed by atoms with van der Waals surface area (Å²) in [5, 5.41) is 3.01. The minimum absolute atomic E-state index is 0. The van der Waals surface area contributed by atoms with Crippen LogP contribution in [0.1, 0.15) is 11.6 Å². The molecule has 0 aromatic heterocycles. The fourth-order valence-electron chi connectivity index (χ4n) is 2.44. The second-order valence-electron chi connectivity index (χ2n) is 5.07. The summed E-state index contributed by atoms with van der Waals surface area (Å²) in [6.07, 6.45) is -3.37. The predicted molar refractivity (Wildman–Crippen MR) is 87.3 cm³/mol. The third-order valence-corrected chi connectivity index (χ3v) is 4.58. The largest absolute Gasteiger partial charge is 0.408 e. The Hall–Kier alpha value is -0.540. The van der Waals surface area contributed by atoms with E-state index in [9.17, 15) is 21.6 Å². The maximum Gasteiger partial charge on any atom is 0.408 e. The molecule has 10 heteroatoms. The topological polar surface area (TPSA) is 49.4 Å². The molecule has 1 saturated heterocycles. The summed E-state index contributed by atoms with van der Waals surface area (Å²) in [5.41, 5.74) is 0.0665. The van der Waals surface area contributed by atoms with Gasteiger partial charge in [-0.1, -0.05) is 12.1 Å². The highest BCUT2D eigenvalue weighted by Crippen LogP contribution is 2.38. The van der Waals surface area contributed by atoms with E-state index < -0.39 is 22.1 Å². The van der Waals surface area contributed by atoms with Crippen LogP contribution < -0.4 is 5.32 Å². The first-order valence-electron chi connectivity index (χ1n) is 6.51. The molecule has 0 aliphatic carbocycles. The van der Waals surface area contributed by atoms with Gasteiger partial charge < -0.3 is 5.32 Å². The molecule has 0 spiro atoms. The number of hydrogen-bond donors (Lipinski definition) is 1. The zero-order valence-electron chi connectivity index (χ0n) is 12.3. The van der Waals surface area contributed by atoms with E-state index in [4.69, 9.17) is 0 Å². The molecule has 1 N–H and O–H groups in total. The van der Waals surface area contributed by atoms with Crippen LogP contribution in [0.3, 0.4) is 0 Å². The molecule has 1 heterocycles. The predicted octanol–water partition coefficient (Wildman–Crippen LogP) is 2.44. The van der Waals surface area contributed by atoms with Crippen LogP contribution in [0, 0.1) is 0 Å². The van der Waals surface area contributed by atoms with Crippen molar-refractivity contribution in [2.45, 2.75) is 17.1 Å². The third-order valence-electron chi connectivity index (χ3n) is 3.45. The standard InChI is InChI=1S/C13H17F3N2O2S.2ClH/c1-21(19,20)11-4-2-10(3-5-11)12(13(14,15)16)18-8-6-17-7-9-18;;/h2-5,12,17H,6-9H2,1H3;2*1H/t12-;;/m1../s1. The first-order valence-corrected chi connectivity index (χ1v) is 8.40. The first kappa shape index (κ1) is 22.5. The number of sulfone groups is 1. The quantitative estimate of drug-likeness (QED) is 0.855. The summed E-state index contributed by atoms with van der Waals surface area (Å²) in [5.74, 6) is 0. The number of alkyl halides is 3. The van der Waals surface area contributed by atoms with E-state index in [1.54, 1.807) is 0 Å². The summed E-state index contributed by atoms with van der Waals surface area (Å²) in [6, 6.07) is 3.25. The molecular weight excluding hydrogens is 376 g/mol. The second-order valence-corrected chi connectivity index (χ2v) is 7.09. The van der Waals surface area contributed by atoms with E-state index in [0.717, 1.165) is 6.26 Å². The van der Waals surface area contributed by atoms with Gasteiger partial charge >= 0.3 is 6.18 Å². The van der Waals surface area contributed by atoms with Crippen molar-refractivity contribution in [3.8, 4) is 0 Å². The van der Waals surface area contributed by atoms with Crippen LogP contribution in [-0.4, -0.2) is 51.9 Å². The van der Waals surface area contributed by atoms with Crippen LogP contribution in [0.2, 0.25) is 0 Å². The Balaban J connectivity index is 0.00000242. The molecule has 0 unspecified atom stereocenters. The Morgan fingerprint density at radius 3 is 1.96 bits per heavy atom. The van der Waals surface area contributed by atoms with E-state index >= 15 is 0 Å². The average Bonchev–Trinajstić information content (AvgIpc) is 2.38. The molecule has 1 aromatic carbocycles. The van der Waals surface area contributed by atoms with E-state index in [-0.39, 0.29) is 35.3 Å².